The van der Waals surface area contributed by atoms with E-state index in [1.54, 1.807) is 0 Å². The van der Waals surface area contributed by atoms with Gasteiger partial charge in [0.2, 0.25) is 0 Å². The summed E-state index contributed by atoms with van der Waals surface area (Å²) < 4.78 is 10.8. The number of rotatable bonds is 3. The number of carbonyl (C=O) groups is 1. The lowest BCUT2D eigenvalue weighted by Gasteiger charge is -2.32. The molecule has 2 N–H and O–H groups in total. The lowest BCUT2D eigenvalue weighted by atomic mass is 9.84. The molecular weight excluding hydrogens is 218 g/mol. The van der Waals surface area contributed by atoms with Crippen LogP contribution in [0.5, 0.6) is 0 Å². The Morgan fingerprint density at radius 2 is 2.24 bits per heavy atom. The average molecular weight is 241 g/mol. The van der Waals surface area contributed by atoms with E-state index >= 15 is 0 Å². The molecule has 2 fully saturated rings. The number of nitrogens with two attached hydrogens (primary N) is 1. The van der Waals surface area contributed by atoms with Crippen molar-refractivity contribution in [3.05, 3.63) is 0 Å². The van der Waals surface area contributed by atoms with Crippen LogP contribution in [0.2, 0.25) is 0 Å². The van der Waals surface area contributed by atoms with E-state index in [1.165, 1.54) is 12.8 Å². The van der Waals surface area contributed by atoms with Gasteiger partial charge in [0.1, 0.15) is 11.6 Å². The van der Waals surface area contributed by atoms with Crippen LogP contribution in [0.3, 0.4) is 0 Å². The van der Waals surface area contributed by atoms with E-state index in [0.717, 1.165) is 19.3 Å². The summed E-state index contributed by atoms with van der Waals surface area (Å²) in [6.07, 6.45) is 6.29. The van der Waals surface area contributed by atoms with Gasteiger partial charge in [0.05, 0.1) is 6.61 Å². The summed E-state index contributed by atoms with van der Waals surface area (Å²) in [7, 11) is 0. The lowest BCUT2D eigenvalue weighted by molar-refractivity contribution is -0.160. The molecule has 1 saturated heterocycles. The molecule has 0 aromatic rings. The van der Waals surface area contributed by atoms with Crippen molar-refractivity contribution < 1.29 is 14.3 Å². The van der Waals surface area contributed by atoms with Crippen molar-refractivity contribution in [1.29, 1.82) is 0 Å². The molecule has 2 aliphatic rings. The molecule has 17 heavy (non-hydrogen) atoms. The number of esters is 1. The van der Waals surface area contributed by atoms with Crippen LogP contribution < -0.4 is 5.73 Å². The highest BCUT2D eigenvalue weighted by Crippen LogP contribution is 2.30. The first-order valence-corrected chi connectivity index (χ1v) is 6.73. The first-order valence-electron chi connectivity index (χ1n) is 6.73. The summed E-state index contributed by atoms with van der Waals surface area (Å²) in [4.78, 5) is 12.1. The minimum atomic E-state index is -0.893. The van der Waals surface area contributed by atoms with Gasteiger partial charge in [-0.2, -0.15) is 0 Å². The molecule has 1 saturated carbocycles. The molecular formula is C13H23NO3. The van der Waals surface area contributed by atoms with E-state index in [2.05, 4.69) is 6.92 Å². The van der Waals surface area contributed by atoms with Crippen molar-refractivity contribution in [2.24, 2.45) is 11.7 Å². The molecule has 2 rings (SSSR count). The van der Waals surface area contributed by atoms with Crippen LogP contribution in [-0.2, 0) is 14.3 Å². The maximum atomic E-state index is 12.1. The van der Waals surface area contributed by atoms with Crippen LogP contribution in [0.4, 0.5) is 0 Å². The normalized spacial score (nSPS) is 38.0. The quantitative estimate of drug-likeness (QED) is 0.763. The largest absolute Gasteiger partial charge is 0.461 e. The van der Waals surface area contributed by atoms with Gasteiger partial charge in [-0.15, -0.1) is 0 Å². The number of ether oxygens (including phenoxy) is 2. The fourth-order valence-corrected chi connectivity index (χ4v) is 2.79. The van der Waals surface area contributed by atoms with Crippen LogP contribution in [0, 0.1) is 5.92 Å². The first kappa shape index (κ1) is 12.8. The molecule has 0 radical (unpaired) electrons. The Morgan fingerprint density at radius 3 is 2.88 bits per heavy atom. The van der Waals surface area contributed by atoms with Crippen molar-refractivity contribution in [3.8, 4) is 0 Å². The van der Waals surface area contributed by atoms with Gasteiger partial charge in [-0.1, -0.05) is 13.3 Å². The molecule has 4 heteroatoms. The highest BCUT2D eigenvalue weighted by Gasteiger charge is 2.41. The maximum absolute atomic E-state index is 12.1. The molecule has 1 heterocycles. The molecule has 0 bridgehead atoms. The third-order valence-corrected chi connectivity index (χ3v) is 4.08. The fraction of sp³-hybridized carbons (Fsp3) is 0.923. The number of hydrogen-bond acceptors (Lipinski definition) is 4. The van der Waals surface area contributed by atoms with E-state index < -0.39 is 5.54 Å². The summed E-state index contributed by atoms with van der Waals surface area (Å²) in [5.41, 5.74) is 5.11. The van der Waals surface area contributed by atoms with Crippen LogP contribution in [-0.4, -0.2) is 30.8 Å². The van der Waals surface area contributed by atoms with Gasteiger partial charge in [0.15, 0.2) is 0 Å². The van der Waals surface area contributed by atoms with Gasteiger partial charge in [0, 0.05) is 13.0 Å². The Hall–Kier alpha value is -0.610. The van der Waals surface area contributed by atoms with Crippen LogP contribution in [0.25, 0.3) is 0 Å². The Labute approximate surface area is 103 Å². The zero-order valence-electron chi connectivity index (χ0n) is 10.6. The molecule has 98 valence electrons. The molecule has 1 aliphatic heterocycles. The second-order valence-electron chi connectivity index (χ2n) is 5.36. The molecule has 3 unspecified atom stereocenters. The molecule has 3 atom stereocenters. The Morgan fingerprint density at radius 1 is 1.47 bits per heavy atom. The van der Waals surface area contributed by atoms with Gasteiger partial charge < -0.3 is 15.2 Å². The third kappa shape index (κ3) is 2.80. The minimum absolute atomic E-state index is 0.0716. The number of hydrogen-bond donors (Lipinski definition) is 1. The van der Waals surface area contributed by atoms with Crippen molar-refractivity contribution in [3.63, 3.8) is 0 Å². The third-order valence-electron chi connectivity index (χ3n) is 4.08. The lowest BCUT2D eigenvalue weighted by Crippen LogP contribution is -2.51. The average Bonchev–Trinajstić information content (AvgIpc) is 2.78. The Kier molecular flexibility index (Phi) is 4.05. The smallest absolute Gasteiger partial charge is 0.328 e. The maximum Gasteiger partial charge on any atom is 0.328 e. The van der Waals surface area contributed by atoms with E-state index in [4.69, 9.17) is 15.2 Å². The van der Waals surface area contributed by atoms with Gasteiger partial charge in [-0.3, -0.25) is 0 Å². The molecule has 0 aromatic heterocycles. The van der Waals surface area contributed by atoms with Crippen molar-refractivity contribution in [1.82, 2.24) is 0 Å². The minimum Gasteiger partial charge on any atom is -0.461 e. The summed E-state index contributed by atoms with van der Waals surface area (Å²) in [5.74, 6) is 0.249. The fourth-order valence-electron chi connectivity index (χ4n) is 2.79. The predicted molar refractivity (Wildman–Crippen MR) is 64.5 cm³/mol. The van der Waals surface area contributed by atoms with Crippen LogP contribution >= 0.6 is 0 Å². The van der Waals surface area contributed by atoms with Crippen LogP contribution in [0.15, 0.2) is 0 Å². The van der Waals surface area contributed by atoms with Crippen molar-refractivity contribution in [2.75, 3.05) is 13.2 Å². The van der Waals surface area contributed by atoms with E-state index in [9.17, 15) is 4.79 Å². The summed E-state index contributed by atoms with van der Waals surface area (Å²) in [6, 6.07) is 0. The zero-order chi connectivity index (χ0) is 12.3. The van der Waals surface area contributed by atoms with E-state index in [1.807, 2.05) is 0 Å². The van der Waals surface area contributed by atoms with Crippen LogP contribution in [0.1, 0.15) is 45.4 Å². The summed E-state index contributed by atoms with van der Waals surface area (Å²) >= 11 is 0. The Bertz CT molecular complexity index is 274. The molecule has 0 aromatic carbocycles. The first-order chi connectivity index (χ1) is 8.15. The molecule has 0 amide bonds. The van der Waals surface area contributed by atoms with Gasteiger partial charge in [-0.05, 0) is 31.6 Å². The molecule has 0 spiro atoms. The second-order valence-corrected chi connectivity index (χ2v) is 5.36. The summed E-state index contributed by atoms with van der Waals surface area (Å²) in [6.45, 7) is 3.02. The standard InChI is InChI=1S/C13H23NO3/c1-2-10-5-3-4-6-11(10)17-12(15)13(14)7-8-16-9-13/h10-11H,2-9,14H2,1H3. The van der Waals surface area contributed by atoms with Crippen molar-refractivity contribution in [2.45, 2.75) is 57.1 Å². The van der Waals surface area contributed by atoms with Gasteiger partial charge >= 0.3 is 5.97 Å². The molecule has 1 aliphatic carbocycles. The zero-order valence-corrected chi connectivity index (χ0v) is 10.6. The predicted octanol–water partition coefficient (Wildman–Crippen LogP) is 1.62. The topological polar surface area (TPSA) is 61.5 Å². The van der Waals surface area contributed by atoms with Gasteiger partial charge in [-0.25, -0.2) is 4.79 Å². The number of carbonyl (C=O) groups excluding carboxylic acids is 1. The monoisotopic (exact) mass is 241 g/mol. The second kappa shape index (κ2) is 5.36. The van der Waals surface area contributed by atoms with E-state index in [-0.39, 0.29) is 12.1 Å². The summed E-state index contributed by atoms with van der Waals surface area (Å²) in [5, 5.41) is 0. The van der Waals surface area contributed by atoms with E-state index in [0.29, 0.717) is 25.6 Å². The SMILES string of the molecule is CCC1CCCCC1OC(=O)C1(N)CCOC1. The highest BCUT2D eigenvalue weighted by molar-refractivity contribution is 5.81. The van der Waals surface area contributed by atoms with Gasteiger partial charge in [0.25, 0.3) is 0 Å². The molecule has 4 nitrogen and oxygen atoms in total. The highest BCUT2D eigenvalue weighted by atomic mass is 16.6. The Balaban J connectivity index is 1.92. The van der Waals surface area contributed by atoms with Crippen molar-refractivity contribution >= 4 is 5.97 Å².